The Balaban J connectivity index is 1.65. The molecule has 0 radical (unpaired) electrons. The van der Waals surface area contributed by atoms with Crippen molar-refractivity contribution in [3.8, 4) is 0 Å². The number of fused-ring (bicyclic) bond motifs is 1. The summed E-state index contributed by atoms with van der Waals surface area (Å²) < 4.78 is 5.90. The largest absolute Gasteiger partial charge is 0.452 e. The van der Waals surface area contributed by atoms with Crippen molar-refractivity contribution in [3.05, 3.63) is 100 Å². The fourth-order valence-corrected chi connectivity index (χ4v) is 3.38. The molecule has 1 aromatic heterocycles. The zero-order valence-corrected chi connectivity index (χ0v) is 16.6. The summed E-state index contributed by atoms with van der Waals surface area (Å²) in [7, 11) is 0. The Hall–Kier alpha value is -3.66. The van der Waals surface area contributed by atoms with Gasteiger partial charge in [-0.2, -0.15) is 0 Å². The van der Waals surface area contributed by atoms with Gasteiger partial charge in [-0.05, 0) is 44.5 Å². The molecule has 29 heavy (non-hydrogen) atoms. The molecule has 4 heteroatoms. The number of hydrogen-bond donors (Lipinski definition) is 1. The van der Waals surface area contributed by atoms with Crippen molar-refractivity contribution < 1.29 is 14.0 Å². The quantitative estimate of drug-likeness (QED) is 0.450. The van der Waals surface area contributed by atoms with E-state index in [4.69, 9.17) is 4.42 Å². The first-order valence-corrected chi connectivity index (χ1v) is 9.45. The molecule has 3 aromatic carbocycles. The second-order valence-corrected chi connectivity index (χ2v) is 7.23. The van der Waals surface area contributed by atoms with Crippen LogP contribution in [0.2, 0.25) is 0 Å². The minimum atomic E-state index is -0.179. The first-order chi connectivity index (χ1) is 13.9. The molecule has 0 saturated heterocycles. The molecule has 4 rings (SSSR count). The highest BCUT2D eigenvalue weighted by Gasteiger charge is 2.19. The second kappa shape index (κ2) is 7.40. The number of amides is 1. The first kappa shape index (κ1) is 18.7. The molecule has 4 aromatic rings. The summed E-state index contributed by atoms with van der Waals surface area (Å²) in [5, 5.41) is 3.76. The number of benzene rings is 3. The summed E-state index contributed by atoms with van der Waals surface area (Å²) in [5.41, 5.74) is 5.20. The van der Waals surface area contributed by atoms with Crippen molar-refractivity contribution >= 4 is 28.3 Å². The van der Waals surface area contributed by atoms with Crippen molar-refractivity contribution in [2.45, 2.75) is 20.8 Å². The van der Waals surface area contributed by atoms with E-state index in [1.165, 1.54) is 0 Å². The van der Waals surface area contributed by atoms with Crippen LogP contribution in [-0.2, 0) is 0 Å². The normalized spacial score (nSPS) is 10.9. The number of furan rings is 1. The van der Waals surface area contributed by atoms with Crippen molar-refractivity contribution in [2.24, 2.45) is 0 Å². The van der Waals surface area contributed by atoms with Crippen LogP contribution in [0.25, 0.3) is 11.0 Å². The predicted molar refractivity (Wildman–Crippen MR) is 115 cm³/mol. The van der Waals surface area contributed by atoms with E-state index in [1.807, 2.05) is 63.2 Å². The van der Waals surface area contributed by atoms with Crippen molar-refractivity contribution in [1.29, 1.82) is 0 Å². The van der Waals surface area contributed by atoms with Crippen molar-refractivity contribution in [1.82, 2.24) is 0 Å². The Labute approximate surface area is 169 Å². The number of nitrogens with one attached hydrogen (secondary N) is 1. The first-order valence-electron chi connectivity index (χ1n) is 9.45. The van der Waals surface area contributed by atoms with E-state index >= 15 is 0 Å². The molecule has 0 aliphatic carbocycles. The second-order valence-electron chi connectivity index (χ2n) is 7.23. The Bertz CT molecular complexity index is 1230. The summed E-state index contributed by atoms with van der Waals surface area (Å²) in [6.45, 7) is 5.75. The van der Waals surface area contributed by atoms with Gasteiger partial charge < -0.3 is 9.73 Å². The highest BCUT2D eigenvalue weighted by molar-refractivity contribution is 6.11. The van der Waals surface area contributed by atoms with E-state index in [2.05, 4.69) is 5.32 Å². The van der Waals surface area contributed by atoms with E-state index in [0.29, 0.717) is 28.2 Å². The maximum absolute atomic E-state index is 12.9. The molecule has 144 valence electrons. The van der Waals surface area contributed by atoms with Gasteiger partial charge in [0.05, 0.1) is 0 Å². The summed E-state index contributed by atoms with van der Waals surface area (Å²) >= 11 is 0. The van der Waals surface area contributed by atoms with Gasteiger partial charge in [0.1, 0.15) is 5.58 Å². The molecular weight excluding hydrogens is 362 g/mol. The average molecular weight is 383 g/mol. The van der Waals surface area contributed by atoms with Crippen molar-refractivity contribution in [2.75, 3.05) is 5.32 Å². The highest BCUT2D eigenvalue weighted by Crippen LogP contribution is 2.29. The van der Waals surface area contributed by atoms with Crippen LogP contribution in [0, 0.1) is 20.8 Å². The standard InChI is InChI=1S/C25H21NO3/c1-15-8-10-18(11-9-15)23(27)24-17(3)21-13-12-19(14-22(21)29-24)26-25(28)20-7-5-4-6-16(20)2/h4-14H,1-3H3,(H,26,28). The minimum absolute atomic E-state index is 0.149. The van der Waals surface area contributed by atoms with Crippen LogP contribution in [0.3, 0.4) is 0 Å². The Kier molecular flexibility index (Phi) is 4.77. The zero-order chi connectivity index (χ0) is 20.5. The lowest BCUT2D eigenvalue weighted by Crippen LogP contribution is -2.13. The van der Waals surface area contributed by atoms with Crippen LogP contribution in [0.1, 0.15) is 43.2 Å². The van der Waals surface area contributed by atoms with Gasteiger partial charge in [0.2, 0.25) is 5.78 Å². The molecule has 0 fully saturated rings. The predicted octanol–water partition coefficient (Wildman–Crippen LogP) is 5.84. The van der Waals surface area contributed by atoms with E-state index in [-0.39, 0.29) is 11.7 Å². The molecule has 0 spiro atoms. The van der Waals surface area contributed by atoms with Gasteiger partial charge >= 0.3 is 0 Å². The fourth-order valence-electron chi connectivity index (χ4n) is 3.38. The average Bonchev–Trinajstić information content (AvgIpc) is 3.04. The van der Waals surface area contributed by atoms with Gasteiger partial charge in [0, 0.05) is 33.8 Å². The number of anilines is 1. The molecule has 0 saturated carbocycles. The number of rotatable bonds is 4. The lowest BCUT2D eigenvalue weighted by Gasteiger charge is -2.07. The lowest BCUT2D eigenvalue weighted by molar-refractivity contribution is 0.101. The highest BCUT2D eigenvalue weighted by atomic mass is 16.3. The van der Waals surface area contributed by atoms with Crippen LogP contribution in [-0.4, -0.2) is 11.7 Å². The summed E-state index contributed by atoms with van der Waals surface area (Å²) in [4.78, 5) is 25.4. The summed E-state index contributed by atoms with van der Waals surface area (Å²) in [6, 6.07) is 20.3. The van der Waals surface area contributed by atoms with Gasteiger partial charge in [0.25, 0.3) is 5.91 Å². The van der Waals surface area contributed by atoms with Gasteiger partial charge in [0.15, 0.2) is 5.76 Å². The third-order valence-electron chi connectivity index (χ3n) is 5.11. The molecule has 0 aliphatic heterocycles. The molecular formula is C25H21NO3. The fraction of sp³-hybridized carbons (Fsp3) is 0.120. The molecule has 1 heterocycles. The van der Waals surface area contributed by atoms with Gasteiger partial charge in [-0.15, -0.1) is 0 Å². The number of carbonyl (C=O) groups is 2. The Morgan fingerprint density at radius 3 is 2.31 bits per heavy atom. The molecule has 4 nitrogen and oxygen atoms in total. The third-order valence-corrected chi connectivity index (χ3v) is 5.11. The topological polar surface area (TPSA) is 59.3 Å². The maximum Gasteiger partial charge on any atom is 0.255 e. The van der Waals surface area contributed by atoms with Crippen LogP contribution in [0.4, 0.5) is 5.69 Å². The summed E-state index contributed by atoms with van der Waals surface area (Å²) in [5.74, 6) is -0.00267. The van der Waals surface area contributed by atoms with E-state index in [0.717, 1.165) is 22.1 Å². The Morgan fingerprint density at radius 1 is 0.862 bits per heavy atom. The molecule has 0 aliphatic rings. The van der Waals surface area contributed by atoms with Crippen LogP contribution in [0.15, 0.2) is 71.1 Å². The molecule has 0 bridgehead atoms. The number of hydrogen-bond acceptors (Lipinski definition) is 3. The van der Waals surface area contributed by atoms with Gasteiger partial charge in [-0.25, -0.2) is 0 Å². The van der Waals surface area contributed by atoms with Crippen molar-refractivity contribution in [3.63, 3.8) is 0 Å². The summed E-state index contributed by atoms with van der Waals surface area (Å²) in [6.07, 6.45) is 0. The lowest BCUT2D eigenvalue weighted by atomic mass is 10.0. The number of ketones is 1. The SMILES string of the molecule is Cc1ccc(C(=O)c2oc3cc(NC(=O)c4ccccc4C)ccc3c2C)cc1. The monoisotopic (exact) mass is 383 g/mol. The smallest absolute Gasteiger partial charge is 0.255 e. The van der Waals surface area contributed by atoms with Crippen LogP contribution >= 0.6 is 0 Å². The van der Waals surface area contributed by atoms with E-state index in [9.17, 15) is 9.59 Å². The minimum Gasteiger partial charge on any atom is -0.452 e. The van der Waals surface area contributed by atoms with Crippen LogP contribution < -0.4 is 5.32 Å². The van der Waals surface area contributed by atoms with Crippen LogP contribution in [0.5, 0.6) is 0 Å². The Morgan fingerprint density at radius 2 is 1.59 bits per heavy atom. The van der Waals surface area contributed by atoms with E-state index < -0.39 is 0 Å². The maximum atomic E-state index is 12.9. The number of carbonyl (C=O) groups excluding carboxylic acids is 2. The number of aryl methyl sites for hydroxylation is 3. The molecule has 1 N–H and O–H groups in total. The van der Waals surface area contributed by atoms with Gasteiger partial charge in [-0.1, -0.05) is 48.0 Å². The van der Waals surface area contributed by atoms with E-state index in [1.54, 1.807) is 24.3 Å². The third kappa shape index (κ3) is 3.57. The molecule has 1 amide bonds. The zero-order valence-electron chi connectivity index (χ0n) is 16.6. The van der Waals surface area contributed by atoms with Gasteiger partial charge in [-0.3, -0.25) is 9.59 Å². The molecule has 0 unspecified atom stereocenters. The molecule has 0 atom stereocenters.